The summed E-state index contributed by atoms with van der Waals surface area (Å²) < 4.78 is 5.52. The molecule has 1 rings (SSSR count). The Balaban J connectivity index is 2.28. The van der Waals surface area contributed by atoms with Crippen molar-refractivity contribution in [3.8, 4) is 0 Å². The SMILES string of the molecule is CCCNC(=NCC1CCCO1)NCC. The summed E-state index contributed by atoms with van der Waals surface area (Å²) >= 11 is 0. The van der Waals surface area contributed by atoms with Crippen LogP contribution in [0.1, 0.15) is 33.1 Å². The van der Waals surface area contributed by atoms with E-state index < -0.39 is 0 Å². The Morgan fingerprint density at radius 2 is 2.27 bits per heavy atom. The first-order valence-corrected chi connectivity index (χ1v) is 6.00. The average Bonchev–Trinajstić information content (AvgIpc) is 2.75. The van der Waals surface area contributed by atoms with Gasteiger partial charge in [-0.1, -0.05) is 6.92 Å². The summed E-state index contributed by atoms with van der Waals surface area (Å²) in [6, 6.07) is 0. The zero-order valence-electron chi connectivity index (χ0n) is 9.88. The first kappa shape index (κ1) is 12.3. The third kappa shape index (κ3) is 5.02. The van der Waals surface area contributed by atoms with E-state index in [0.29, 0.717) is 6.10 Å². The summed E-state index contributed by atoms with van der Waals surface area (Å²) in [5.41, 5.74) is 0. The molecule has 1 atom stereocenters. The van der Waals surface area contributed by atoms with Gasteiger partial charge in [0.05, 0.1) is 12.6 Å². The second kappa shape index (κ2) is 7.51. The van der Waals surface area contributed by atoms with Crippen LogP contribution in [0.5, 0.6) is 0 Å². The van der Waals surface area contributed by atoms with E-state index in [9.17, 15) is 0 Å². The fraction of sp³-hybridized carbons (Fsp3) is 0.909. The molecule has 0 aromatic carbocycles. The van der Waals surface area contributed by atoms with Crippen LogP contribution in [0.2, 0.25) is 0 Å². The maximum absolute atomic E-state index is 5.52. The summed E-state index contributed by atoms with van der Waals surface area (Å²) in [6.07, 6.45) is 3.78. The lowest BCUT2D eigenvalue weighted by atomic mass is 10.2. The molecule has 88 valence electrons. The van der Waals surface area contributed by atoms with Gasteiger partial charge in [-0.05, 0) is 26.2 Å². The molecular formula is C11H23N3O. The second-order valence-corrected chi connectivity index (χ2v) is 3.78. The van der Waals surface area contributed by atoms with Gasteiger partial charge in [0.15, 0.2) is 5.96 Å². The number of hydrogen-bond acceptors (Lipinski definition) is 2. The van der Waals surface area contributed by atoms with Crippen LogP contribution in [0, 0.1) is 0 Å². The molecule has 2 N–H and O–H groups in total. The number of hydrogen-bond donors (Lipinski definition) is 2. The molecule has 0 amide bonds. The smallest absolute Gasteiger partial charge is 0.191 e. The summed E-state index contributed by atoms with van der Waals surface area (Å²) in [4.78, 5) is 4.50. The van der Waals surface area contributed by atoms with Crippen LogP contribution >= 0.6 is 0 Å². The predicted molar refractivity (Wildman–Crippen MR) is 63.2 cm³/mol. The number of guanidine groups is 1. The minimum Gasteiger partial charge on any atom is -0.376 e. The van der Waals surface area contributed by atoms with Gasteiger partial charge in [-0.15, -0.1) is 0 Å². The van der Waals surface area contributed by atoms with E-state index >= 15 is 0 Å². The van der Waals surface area contributed by atoms with E-state index in [2.05, 4.69) is 29.5 Å². The van der Waals surface area contributed by atoms with Crippen LogP contribution < -0.4 is 10.6 Å². The maximum atomic E-state index is 5.52. The fourth-order valence-corrected chi connectivity index (χ4v) is 1.57. The zero-order valence-corrected chi connectivity index (χ0v) is 9.88. The van der Waals surface area contributed by atoms with Crippen LogP contribution in [-0.4, -0.2) is 38.3 Å². The zero-order chi connectivity index (χ0) is 10.9. The Morgan fingerprint density at radius 3 is 2.87 bits per heavy atom. The lowest BCUT2D eigenvalue weighted by Crippen LogP contribution is -2.38. The van der Waals surface area contributed by atoms with Gasteiger partial charge in [0.25, 0.3) is 0 Å². The fourth-order valence-electron chi connectivity index (χ4n) is 1.57. The van der Waals surface area contributed by atoms with Crippen molar-refractivity contribution < 1.29 is 4.74 Å². The Hall–Kier alpha value is -0.770. The molecule has 0 saturated carbocycles. The van der Waals surface area contributed by atoms with Crippen LogP contribution in [0.15, 0.2) is 4.99 Å². The van der Waals surface area contributed by atoms with Crippen molar-refractivity contribution in [1.29, 1.82) is 0 Å². The number of aliphatic imine (C=N–C) groups is 1. The van der Waals surface area contributed by atoms with Gasteiger partial charge in [-0.3, -0.25) is 4.99 Å². The summed E-state index contributed by atoms with van der Waals surface area (Å²) in [5.74, 6) is 0.912. The highest BCUT2D eigenvalue weighted by atomic mass is 16.5. The van der Waals surface area contributed by atoms with E-state index in [-0.39, 0.29) is 0 Å². The van der Waals surface area contributed by atoms with Crippen molar-refractivity contribution in [3.63, 3.8) is 0 Å². The Morgan fingerprint density at radius 1 is 1.40 bits per heavy atom. The Kier molecular flexibility index (Phi) is 6.16. The highest BCUT2D eigenvalue weighted by Crippen LogP contribution is 2.11. The molecule has 1 aliphatic heterocycles. The molecule has 0 aliphatic carbocycles. The number of nitrogens with one attached hydrogen (secondary N) is 2. The van der Waals surface area contributed by atoms with E-state index in [4.69, 9.17) is 4.74 Å². The standard InChI is InChI=1S/C11H23N3O/c1-3-7-13-11(12-4-2)14-9-10-6-5-8-15-10/h10H,3-9H2,1-2H3,(H2,12,13,14). The van der Waals surface area contributed by atoms with E-state index in [1.54, 1.807) is 0 Å². The van der Waals surface area contributed by atoms with Gasteiger partial charge >= 0.3 is 0 Å². The molecule has 0 spiro atoms. The normalized spacial score (nSPS) is 21.7. The van der Waals surface area contributed by atoms with Crippen molar-refractivity contribution in [2.75, 3.05) is 26.2 Å². The average molecular weight is 213 g/mol. The number of rotatable bonds is 5. The first-order chi connectivity index (χ1) is 7.36. The van der Waals surface area contributed by atoms with Crippen LogP contribution in [0.25, 0.3) is 0 Å². The van der Waals surface area contributed by atoms with Gasteiger partial charge in [-0.2, -0.15) is 0 Å². The largest absolute Gasteiger partial charge is 0.376 e. The molecule has 4 heteroatoms. The van der Waals surface area contributed by atoms with E-state index in [1.165, 1.54) is 6.42 Å². The monoisotopic (exact) mass is 213 g/mol. The van der Waals surface area contributed by atoms with Crippen LogP contribution in [-0.2, 0) is 4.74 Å². The Bertz CT molecular complexity index is 188. The van der Waals surface area contributed by atoms with Crippen molar-refractivity contribution in [2.24, 2.45) is 4.99 Å². The molecule has 0 radical (unpaired) electrons. The molecule has 0 aromatic rings. The van der Waals surface area contributed by atoms with Crippen molar-refractivity contribution >= 4 is 5.96 Å². The number of ether oxygens (including phenoxy) is 1. The molecule has 1 saturated heterocycles. The highest BCUT2D eigenvalue weighted by molar-refractivity contribution is 5.79. The van der Waals surface area contributed by atoms with Gasteiger partial charge in [0.1, 0.15) is 0 Å². The second-order valence-electron chi connectivity index (χ2n) is 3.78. The van der Waals surface area contributed by atoms with Crippen molar-refractivity contribution in [3.05, 3.63) is 0 Å². The molecular weight excluding hydrogens is 190 g/mol. The van der Waals surface area contributed by atoms with E-state index in [0.717, 1.165) is 45.0 Å². The van der Waals surface area contributed by atoms with E-state index in [1.807, 2.05) is 0 Å². The lowest BCUT2D eigenvalue weighted by Gasteiger charge is -2.11. The predicted octanol–water partition coefficient (Wildman–Crippen LogP) is 1.13. The molecule has 1 fully saturated rings. The lowest BCUT2D eigenvalue weighted by molar-refractivity contribution is 0.117. The van der Waals surface area contributed by atoms with Crippen molar-refractivity contribution in [2.45, 2.75) is 39.2 Å². The molecule has 15 heavy (non-hydrogen) atoms. The summed E-state index contributed by atoms with van der Waals surface area (Å²) in [5, 5.41) is 6.50. The topological polar surface area (TPSA) is 45.7 Å². The molecule has 1 aliphatic rings. The molecule has 1 unspecified atom stereocenters. The quantitative estimate of drug-likeness (QED) is 0.531. The maximum Gasteiger partial charge on any atom is 0.191 e. The summed E-state index contributed by atoms with van der Waals surface area (Å²) in [7, 11) is 0. The highest BCUT2D eigenvalue weighted by Gasteiger charge is 2.14. The first-order valence-electron chi connectivity index (χ1n) is 6.00. The third-order valence-corrected chi connectivity index (χ3v) is 2.36. The van der Waals surface area contributed by atoms with Crippen molar-refractivity contribution in [1.82, 2.24) is 10.6 Å². The number of nitrogens with zero attached hydrogens (tertiary/aromatic N) is 1. The molecule has 1 heterocycles. The summed E-state index contributed by atoms with van der Waals surface area (Å²) in [6.45, 7) is 7.78. The van der Waals surface area contributed by atoms with Crippen LogP contribution in [0.4, 0.5) is 0 Å². The van der Waals surface area contributed by atoms with Gasteiger partial charge in [0.2, 0.25) is 0 Å². The Labute approximate surface area is 92.5 Å². The van der Waals surface area contributed by atoms with Gasteiger partial charge < -0.3 is 15.4 Å². The molecule has 0 aromatic heterocycles. The van der Waals surface area contributed by atoms with Gasteiger partial charge in [0, 0.05) is 19.7 Å². The van der Waals surface area contributed by atoms with Crippen LogP contribution in [0.3, 0.4) is 0 Å². The molecule has 0 bridgehead atoms. The third-order valence-electron chi connectivity index (χ3n) is 2.36. The molecule has 4 nitrogen and oxygen atoms in total. The minimum atomic E-state index is 0.335. The minimum absolute atomic E-state index is 0.335. The van der Waals surface area contributed by atoms with Gasteiger partial charge in [-0.25, -0.2) is 0 Å².